The van der Waals surface area contributed by atoms with Gasteiger partial charge < -0.3 is 4.52 Å². The second-order valence-electron chi connectivity index (χ2n) is 6.58. The summed E-state index contributed by atoms with van der Waals surface area (Å²) in [6.07, 6.45) is 4.90. The van der Waals surface area contributed by atoms with E-state index in [0.29, 0.717) is 17.8 Å². The Kier molecular flexibility index (Phi) is 3.81. The molecule has 0 bridgehead atoms. The highest BCUT2D eigenvalue weighted by Crippen LogP contribution is 2.32. The molecule has 2 aromatic heterocycles. The van der Waals surface area contributed by atoms with Crippen LogP contribution in [0.2, 0.25) is 0 Å². The summed E-state index contributed by atoms with van der Waals surface area (Å²) < 4.78 is 8.44. The number of benzene rings is 2. The van der Waals surface area contributed by atoms with Crippen molar-refractivity contribution in [3.8, 4) is 22.8 Å². The van der Waals surface area contributed by atoms with Gasteiger partial charge in [-0.25, -0.2) is 4.68 Å². The molecular formula is C19H16BrN5O. The molecule has 2 aromatic carbocycles. The first-order chi connectivity index (χ1) is 12.8. The van der Waals surface area contributed by atoms with Crippen molar-refractivity contribution in [1.29, 1.82) is 0 Å². The van der Waals surface area contributed by atoms with E-state index in [-0.39, 0.29) is 0 Å². The first-order valence-electron chi connectivity index (χ1n) is 8.73. The third-order valence-corrected chi connectivity index (χ3v) is 5.62. The molecule has 0 spiro atoms. The molecule has 6 nitrogen and oxygen atoms in total. The highest BCUT2D eigenvalue weighted by atomic mass is 79.9. The first kappa shape index (κ1) is 15.7. The van der Waals surface area contributed by atoms with Gasteiger partial charge in [-0.2, -0.15) is 4.98 Å². The van der Waals surface area contributed by atoms with Crippen LogP contribution >= 0.6 is 15.9 Å². The van der Waals surface area contributed by atoms with Gasteiger partial charge in [0, 0.05) is 10.0 Å². The molecule has 0 amide bonds. The van der Waals surface area contributed by atoms with E-state index in [1.165, 1.54) is 25.7 Å². The average molecular weight is 410 g/mol. The minimum absolute atomic E-state index is 0.470. The fourth-order valence-corrected chi connectivity index (χ4v) is 4.04. The van der Waals surface area contributed by atoms with Crippen molar-refractivity contribution >= 4 is 27.0 Å². The Bertz CT molecular complexity index is 1080. The second-order valence-corrected chi connectivity index (χ2v) is 7.43. The molecular weight excluding hydrogens is 394 g/mol. The van der Waals surface area contributed by atoms with E-state index in [2.05, 4.69) is 47.1 Å². The minimum Gasteiger partial charge on any atom is -0.334 e. The lowest BCUT2D eigenvalue weighted by molar-refractivity contribution is 0.432. The van der Waals surface area contributed by atoms with E-state index >= 15 is 0 Å². The van der Waals surface area contributed by atoms with Crippen LogP contribution in [0.15, 0.2) is 51.5 Å². The van der Waals surface area contributed by atoms with Crippen LogP contribution in [0.5, 0.6) is 0 Å². The molecule has 26 heavy (non-hydrogen) atoms. The summed E-state index contributed by atoms with van der Waals surface area (Å²) in [6.45, 7) is 0. The Balaban J connectivity index is 1.51. The zero-order valence-corrected chi connectivity index (χ0v) is 15.6. The van der Waals surface area contributed by atoms with E-state index in [9.17, 15) is 0 Å². The molecule has 2 heterocycles. The fraction of sp³-hybridized carbons (Fsp3) is 0.263. The number of fused-ring (bicyclic) bond motifs is 1. The number of halogens is 1. The number of rotatable bonds is 3. The van der Waals surface area contributed by atoms with E-state index in [1.54, 1.807) is 0 Å². The zero-order chi connectivity index (χ0) is 17.5. The molecule has 1 saturated carbocycles. The first-order valence-corrected chi connectivity index (χ1v) is 9.53. The molecule has 130 valence electrons. The maximum Gasteiger partial charge on any atom is 0.259 e. The normalized spacial score (nSPS) is 15.1. The Labute approximate surface area is 158 Å². The van der Waals surface area contributed by atoms with Gasteiger partial charge >= 0.3 is 0 Å². The van der Waals surface area contributed by atoms with Crippen LogP contribution in [0.1, 0.15) is 31.7 Å². The predicted molar refractivity (Wildman–Crippen MR) is 101 cm³/mol. The van der Waals surface area contributed by atoms with Gasteiger partial charge in [0.2, 0.25) is 5.82 Å². The minimum atomic E-state index is 0.470. The van der Waals surface area contributed by atoms with Crippen molar-refractivity contribution < 1.29 is 4.52 Å². The topological polar surface area (TPSA) is 69.6 Å². The Morgan fingerprint density at radius 2 is 1.92 bits per heavy atom. The fourth-order valence-electron chi connectivity index (χ4n) is 3.58. The third-order valence-electron chi connectivity index (χ3n) is 4.93. The van der Waals surface area contributed by atoms with Crippen molar-refractivity contribution in [3.05, 3.63) is 46.9 Å². The zero-order valence-electron chi connectivity index (χ0n) is 14.0. The van der Waals surface area contributed by atoms with Crippen molar-refractivity contribution in [2.45, 2.75) is 31.7 Å². The van der Waals surface area contributed by atoms with Crippen molar-refractivity contribution in [3.63, 3.8) is 0 Å². The third kappa shape index (κ3) is 2.63. The maximum absolute atomic E-state index is 5.45. The molecule has 1 aliphatic carbocycles. The molecule has 0 radical (unpaired) electrons. The summed E-state index contributed by atoms with van der Waals surface area (Å²) in [7, 11) is 0. The van der Waals surface area contributed by atoms with Gasteiger partial charge in [-0.05, 0) is 59.1 Å². The summed E-state index contributed by atoms with van der Waals surface area (Å²) >= 11 is 3.52. The summed E-state index contributed by atoms with van der Waals surface area (Å²) in [5.41, 5.74) is 3.68. The van der Waals surface area contributed by atoms with Crippen LogP contribution < -0.4 is 0 Å². The summed E-state index contributed by atoms with van der Waals surface area (Å²) in [4.78, 5) is 4.54. The van der Waals surface area contributed by atoms with Crippen LogP contribution in [-0.4, -0.2) is 25.1 Å². The van der Waals surface area contributed by atoms with Gasteiger partial charge in [-0.15, -0.1) is 5.10 Å². The largest absolute Gasteiger partial charge is 0.334 e. The van der Waals surface area contributed by atoms with Crippen LogP contribution in [0.25, 0.3) is 33.9 Å². The van der Waals surface area contributed by atoms with Gasteiger partial charge in [-0.1, -0.05) is 35.3 Å². The van der Waals surface area contributed by atoms with Gasteiger partial charge in [0.15, 0.2) is 0 Å². The van der Waals surface area contributed by atoms with Gasteiger partial charge in [0.25, 0.3) is 5.89 Å². The van der Waals surface area contributed by atoms with E-state index in [1.807, 2.05) is 36.4 Å². The van der Waals surface area contributed by atoms with Gasteiger partial charge in [0.1, 0.15) is 5.52 Å². The second kappa shape index (κ2) is 6.32. The van der Waals surface area contributed by atoms with Crippen molar-refractivity contribution in [2.24, 2.45) is 0 Å². The smallest absolute Gasteiger partial charge is 0.259 e. The van der Waals surface area contributed by atoms with E-state index < -0.39 is 0 Å². The predicted octanol–water partition coefficient (Wildman–Crippen LogP) is 5.03. The Morgan fingerprint density at radius 3 is 2.77 bits per heavy atom. The molecule has 0 aliphatic heterocycles. The SMILES string of the molecule is Brc1ccccc1-c1nc(-c2ccc3c(c2)nnn3C2CCCC2)no1. The molecule has 5 rings (SSSR count). The molecule has 0 atom stereocenters. The van der Waals surface area contributed by atoms with Crippen LogP contribution in [0, 0.1) is 0 Å². The van der Waals surface area contributed by atoms with E-state index in [4.69, 9.17) is 4.52 Å². The lowest BCUT2D eigenvalue weighted by Crippen LogP contribution is -2.06. The van der Waals surface area contributed by atoms with Crippen LogP contribution in [0.3, 0.4) is 0 Å². The molecule has 0 N–H and O–H groups in total. The number of aromatic nitrogens is 5. The number of hydrogen-bond donors (Lipinski definition) is 0. The summed E-state index contributed by atoms with van der Waals surface area (Å²) in [6, 6.07) is 14.3. The molecule has 4 aromatic rings. The highest BCUT2D eigenvalue weighted by molar-refractivity contribution is 9.10. The standard InChI is InChI=1S/C19H16BrN5O/c20-15-8-4-3-7-14(15)19-21-18(23-26-19)12-9-10-17-16(11-12)22-24-25(17)13-5-1-2-6-13/h3-4,7-11,13H,1-2,5-6H2. The average Bonchev–Trinajstić information content (AvgIpc) is 3.41. The van der Waals surface area contributed by atoms with Crippen molar-refractivity contribution in [2.75, 3.05) is 0 Å². The van der Waals surface area contributed by atoms with Crippen LogP contribution in [-0.2, 0) is 0 Å². The van der Waals surface area contributed by atoms with Crippen LogP contribution in [0.4, 0.5) is 0 Å². The lowest BCUT2D eigenvalue weighted by atomic mass is 10.1. The number of nitrogens with zero attached hydrogens (tertiary/aromatic N) is 5. The molecule has 0 saturated heterocycles. The Morgan fingerprint density at radius 1 is 1.08 bits per heavy atom. The monoisotopic (exact) mass is 409 g/mol. The molecule has 1 aliphatic rings. The van der Waals surface area contributed by atoms with E-state index in [0.717, 1.165) is 26.6 Å². The quantitative estimate of drug-likeness (QED) is 0.474. The van der Waals surface area contributed by atoms with Gasteiger partial charge in [0.05, 0.1) is 17.1 Å². The summed E-state index contributed by atoms with van der Waals surface area (Å²) in [5.74, 6) is 1.04. The lowest BCUT2D eigenvalue weighted by Gasteiger charge is -2.09. The Hall–Kier alpha value is -2.54. The molecule has 1 fully saturated rings. The number of hydrogen-bond acceptors (Lipinski definition) is 5. The van der Waals surface area contributed by atoms with Gasteiger partial charge in [-0.3, -0.25) is 0 Å². The summed E-state index contributed by atoms with van der Waals surface area (Å²) in [5, 5.41) is 12.9. The maximum atomic E-state index is 5.45. The highest BCUT2D eigenvalue weighted by Gasteiger charge is 2.21. The molecule has 7 heteroatoms. The molecule has 0 unspecified atom stereocenters. The van der Waals surface area contributed by atoms with Crippen molar-refractivity contribution in [1.82, 2.24) is 25.1 Å².